The van der Waals surface area contributed by atoms with Crippen LogP contribution in [0.5, 0.6) is 0 Å². The maximum atomic E-state index is 12.6. The molecule has 2 aromatic carbocycles. The van der Waals surface area contributed by atoms with Gasteiger partial charge in [-0.25, -0.2) is 5.10 Å². The first-order valence-corrected chi connectivity index (χ1v) is 11.8. The Morgan fingerprint density at radius 3 is 2.82 bits per heavy atom. The minimum atomic E-state index is -0.246. The van der Waals surface area contributed by atoms with Crippen LogP contribution < -0.4 is 11.3 Å². The first-order chi connectivity index (χ1) is 16.6. The van der Waals surface area contributed by atoms with Crippen molar-refractivity contribution in [3.05, 3.63) is 69.8 Å². The number of aromatic nitrogens is 4. The molecule has 0 saturated carbocycles. The number of hydrogen-bond acceptors (Lipinski definition) is 6. The van der Waals surface area contributed by atoms with Crippen molar-refractivity contribution in [2.45, 2.75) is 19.1 Å². The number of ether oxygens (including phenoxy) is 1. The van der Waals surface area contributed by atoms with Crippen molar-refractivity contribution in [3.63, 3.8) is 0 Å². The number of aryl methyl sites for hydroxylation is 1. The quantitative estimate of drug-likeness (QED) is 0.388. The van der Waals surface area contributed by atoms with Crippen molar-refractivity contribution in [1.82, 2.24) is 20.0 Å². The fourth-order valence-corrected chi connectivity index (χ4v) is 5.93. The van der Waals surface area contributed by atoms with Crippen molar-refractivity contribution in [3.8, 4) is 34.0 Å². The normalized spacial score (nSPS) is 15.5. The fraction of sp³-hybridized carbons (Fsp3) is 0.192. The maximum Gasteiger partial charge on any atom is 0.272 e. The van der Waals surface area contributed by atoms with E-state index in [1.54, 1.807) is 11.3 Å². The third-order valence-corrected chi connectivity index (χ3v) is 7.64. The highest BCUT2D eigenvalue weighted by atomic mass is 32.1. The molecule has 34 heavy (non-hydrogen) atoms. The average Bonchev–Trinajstić information content (AvgIpc) is 3.37. The van der Waals surface area contributed by atoms with Gasteiger partial charge in [-0.2, -0.15) is 10.2 Å². The minimum Gasteiger partial charge on any atom is -0.373 e. The molecule has 0 radical (unpaired) electrons. The maximum absolute atomic E-state index is 12.6. The van der Waals surface area contributed by atoms with Crippen LogP contribution >= 0.6 is 11.3 Å². The summed E-state index contributed by atoms with van der Waals surface area (Å²) in [4.78, 5) is 13.6. The third kappa shape index (κ3) is 3.02. The summed E-state index contributed by atoms with van der Waals surface area (Å²) in [6.45, 7) is 0.907. The van der Waals surface area contributed by atoms with Gasteiger partial charge in [-0.3, -0.25) is 9.48 Å². The molecule has 168 valence electrons. The summed E-state index contributed by atoms with van der Waals surface area (Å²) >= 11 is 1.66. The van der Waals surface area contributed by atoms with E-state index in [1.165, 1.54) is 0 Å². The standard InChI is InChI=1S/C26H21N5O2S/c1-3-14-15-6-4-5-7-23(15)34-25(14)24-20(13-28-31(24)2)16-10-17-19(11-18(16)22-8-9-33-22)26(32)30-29-21(17)12-27/h1,4-7,10-11,13,22H,8-9,12,27H2,2H3,(H,30,32). The van der Waals surface area contributed by atoms with E-state index >= 15 is 0 Å². The fourth-order valence-electron chi connectivity index (χ4n) is 4.68. The number of nitrogens with two attached hydrogens (primary N) is 1. The van der Waals surface area contributed by atoms with Gasteiger partial charge in [-0.05, 0) is 29.3 Å². The van der Waals surface area contributed by atoms with Crippen molar-refractivity contribution < 1.29 is 4.74 Å². The van der Waals surface area contributed by atoms with Gasteiger partial charge < -0.3 is 10.5 Å². The molecule has 0 bridgehead atoms. The molecule has 1 unspecified atom stereocenters. The van der Waals surface area contributed by atoms with E-state index < -0.39 is 0 Å². The van der Waals surface area contributed by atoms with Crippen LogP contribution in [0.25, 0.3) is 42.6 Å². The predicted octanol–water partition coefficient (Wildman–Crippen LogP) is 4.11. The van der Waals surface area contributed by atoms with Crippen molar-refractivity contribution in [1.29, 1.82) is 0 Å². The number of aromatic amines is 1. The van der Waals surface area contributed by atoms with Crippen molar-refractivity contribution >= 4 is 32.2 Å². The summed E-state index contributed by atoms with van der Waals surface area (Å²) in [5.41, 5.74) is 11.0. The highest BCUT2D eigenvalue weighted by Gasteiger charge is 2.28. The van der Waals surface area contributed by atoms with Gasteiger partial charge in [0.05, 0.1) is 46.1 Å². The van der Waals surface area contributed by atoms with E-state index in [-0.39, 0.29) is 18.2 Å². The van der Waals surface area contributed by atoms with Gasteiger partial charge in [-0.1, -0.05) is 24.1 Å². The van der Waals surface area contributed by atoms with E-state index in [9.17, 15) is 4.79 Å². The minimum absolute atomic E-state index is 0.0872. The number of benzene rings is 2. The van der Waals surface area contributed by atoms with Crippen molar-refractivity contribution in [2.24, 2.45) is 12.8 Å². The lowest BCUT2D eigenvalue weighted by molar-refractivity contribution is -0.0522. The lowest BCUT2D eigenvalue weighted by Crippen LogP contribution is -2.20. The third-order valence-electron chi connectivity index (χ3n) is 6.46. The molecule has 0 amide bonds. The van der Waals surface area contributed by atoms with Gasteiger partial charge in [0.1, 0.15) is 0 Å². The second kappa shape index (κ2) is 7.92. The molecule has 3 N–H and O–H groups in total. The molecule has 6 rings (SSSR count). The summed E-state index contributed by atoms with van der Waals surface area (Å²) in [7, 11) is 1.92. The summed E-state index contributed by atoms with van der Waals surface area (Å²) in [6.07, 6.45) is 8.64. The van der Waals surface area contributed by atoms with Crippen LogP contribution in [-0.2, 0) is 18.3 Å². The largest absolute Gasteiger partial charge is 0.373 e. The Balaban J connectivity index is 1.68. The second-order valence-electron chi connectivity index (χ2n) is 8.31. The molecule has 7 nitrogen and oxygen atoms in total. The number of rotatable bonds is 4. The molecule has 5 aromatic rings. The van der Waals surface area contributed by atoms with Gasteiger partial charge in [0, 0.05) is 41.0 Å². The van der Waals surface area contributed by atoms with E-state index in [1.807, 2.05) is 42.2 Å². The van der Waals surface area contributed by atoms with Gasteiger partial charge in [0.25, 0.3) is 5.56 Å². The smallest absolute Gasteiger partial charge is 0.272 e. The van der Waals surface area contributed by atoms with Crippen LogP contribution in [0.4, 0.5) is 0 Å². The lowest BCUT2D eigenvalue weighted by atomic mass is 9.90. The topological polar surface area (TPSA) is 98.8 Å². The molecule has 1 aliphatic rings. The molecule has 4 heterocycles. The number of fused-ring (bicyclic) bond motifs is 2. The highest BCUT2D eigenvalue weighted by molar-refractivity contribution is 7.22. The van der Waals surface area contributed by atoms with Crippen LogP contribution in [0.3, 0.4) is 0 Å². The number of nitrogens with zero attached hydrogens (tertiary/aromatic N) is 3. The Morgan fingerprint density at radius 2 is 2.09 bits per heavy atom. The molecule has 1 saturated heterocycles. The van der Waals surface area contributed by atoms with Gasteiger partial charge in [0.2, 0.25) is 0 Å². The SMILES string of the molecule is C#Cc1c(-c2c(-c3cc4c(CN)n[nH]c(=O)c4cc3C3CCO3)cnn2C)sc2ccccc12. The number of nitrogens with one attached hydrogen (secondary N) is 1. The van der Waals surface area contributed by atoms with E-state index in [0.29, 0.717) is 17.7 Å². The number of thiophene rings is 1. The predicted molar refractivity (Wildman–Crippen MR) is 135 cm³/mol. The zero-order valence-electron chi connectivity index (χ0n) is 18.5. The second-order valence-corrected chi connectivity index (χ2v) is 9.37. The van der Waals surface area contributed by atoms with Crippen LogP contribution in [0, 0.1) is 12.3 Å². The van der Waals surface area contributed by atoms with Gasteiger partial charge >= 0.3 is 0 Å². The molecule has 1 fully saturated rings. The van der Waals surface area contributed by atoms with Crippen LogP contribution in [0.15, 0.2) is 47.4 Å². The first kappa shape index (κ1) is 20.8. The Kier molecular flexibility index (Phi) is 4.85. The Labute approximate surface area is 199 Å². The molecule has 0 spiro atoms. The molecule has 3 aromatic heterocycles. The van der Waals surface area contributed by atoms with E-state index in [4.69, 9.17) is 16.9 Å². The Morgan fingerprint density at radius 1 is 1.26 bits per heavy atom. The number of H-pyrrole nitrogens is 1. The molecule has 1 aliphatic heterocycles. The van der Waals surface area contributed by atoms with Crippen molar-refractivity contribution in [2.75, 3.05) is 6.61 Å². The molecule has 8 heteroatoms. The Bertz CT molecular complexity index is 1680. The van der Waals surface area contributed by atoms with Gasteiger partial charge in [-0.15, -0.1) is 17.8 Å². The zero-order valence-corrected chi connectivity index (χ0v) is 19.3. The highest BCUT2D eigenvalue weighted by Crippen LogP contribution is 2.45. The number of terminal acetylenes is 1. The summed E-state index contributed by atoms with van der Waals surface area (Å²) in [5.74, 6) is 2.90. The summed E-state index contributed by atoms with van der Waals surface area (Å²) in [5, 5.41) is 13.7. The summed E-state index contributed by atoms with van der Waals surface area (Å²) in [6, 6.07) is 12.1. The van der Waals surface area contributed by atoms with Crippen LogP contribution in [-0.4, -0.2) is 26.6 Å². The van der Waals surface area contributed by atoms with Crippen LogP contribution in [0.2, 0.25) is 0 Å². The average molecular weight is 468 g/mol. The van der Waals surface area contributed by atoms with Gasteiger partial charge in [0.15, 0.2) is 0 Å². The summed E-state index contributed by atoms with van der Waals surface area (Å²) < 4.78 is 8.84. The zero-order chi connectivity index (χ0) is 23.4. The first-order valence-electron chi connectivity index (χ1n) is 11.0. The molecular formula is C26H21N5O2S. The Hall–Kier alpha value is -3.77. The van der Waals surface area contributed by atoms with Crippen LogP contribution in [0.1, 0.15) is 29.3 Å². The van der Waals surface area contributed by atoms with E-state index in [0.717, 1.165) is 54.7 Å². The lowest BCUT2D eigenvalue weighted by Gasteiger charge is -2.29. The molecular weight excluding hydrogens is 446 g/mol. The van der Waals surface area contributed by atoms with E-state index in [2.05, 4.69) is 33.3 Å². The molecule has 0 aliphatic carbocycles. The number of hydrogen-bond donors (Lipinski definition) is 2. The monoisotopic (exact) mass is 467 g/mol. The molecule has 1 atom stereocenters.